The van der Waals surface area contributed by atoms with Crippen LogP contribution in [-0.2, 0) is 9.59 Å². The van der Waals surface area contributed by atoms with E-state index in [0.29, 0.717) is 17.9 Å². The largest absolute Gasteiger partial charge is 0.326 e. The van der Waals surface area contributed by atoms with Crippen LogP contribution in [0.4, 0.5) is 11.4 Å². The van der Waals surface area contributed by atoms with Crippen molar-refractivity contribution in [2.45, 2.75) is 26.7 Å². The zero-order chi connectivity index (χ0) is 15.0. The Hall–Kier alpha value is -1.88. The van der Waals surface area contributed by atoms with Gasteiger partial charge in [-0.05, 0) is 38.2 Å². The molecule has 0 aliphatic carbocycles. The fourth-order valence-corrected chi connectivity index (χ4v) is 1.83. The molecule has 1 aromatic carbocycles. The maximum absolute atomic E-state index is 11.9. The third-order valence-corrected chi connectivity index (χ3v) is 2.77. The summed E-state index contributed by atoms with van der Waals surface area (Å²) >= 11 is 0. The van der Waals surface area contributed by atoms with E-state index in [1.165, 1.54) is 6.92 Å². The molecule has 0 heterocycles. The molecule has 0 spiro atoms. The minimum atomic E-state index is -0.132. The average Bonchev–Trinajstić information content (AvgIpc) is 2.35. The first kappa shape index (κ1) is 16.2. The van der Waals surface area contributed by atoms with Gasteiger partial charge in [-0.3, -0.25) is 14.5 Å². The second kappa shape index (κ2) is 8.32. The molecule has 2 N–H and O–H groups in total. The van der Waals surface area contributed by atoms with E-state index in [-0.39, 0.29) is 11.8 Å². The van der Waals surface area contributed by atoms with E-state index in [4.69, 9.17) is 0 Å². The fraction of sp³-hybridized carbons (Fsp3) is 0.467. The number of nitrogens with one attached hydrogen (secondary N) is 2. The van der Waals surface area contributed by atoms with Crippen molar-refractivity contribution >= 4 is 23.2 Å². The van der Waals surface area contributed by atoms with Gasteiger partial charge in [0, 0.05) is 18.3 Å². The van der Waals surface area contributed by atoms with Crippen molar-refractivity contribution in [1.82, 2.24) is 4.90 Å². The molecule has 0 saturated heterocycles. The van der Waals surface area contributed by atoms with Gasteiger partial charge in [-0.1, -0.05) is 19.4 Å². The average molecular weight is 277 g/mol. The number of anilines is 2. The zero-order valence-electron chi connectivity index (χ0n) is 12.4. The summed E-state index contributed by atoms with van der Waals surface area (Å²) in [6, 6.07) is 7.12. The first-order chi connectivity index (χ1) is 9.51. The SMILES string of the molecule is CCCCN(C)CC(=O)Nc1cccc(NC(C)=O)c1. The molecule has 1 aromatic rings. The molecule has 0 radical (unpaired) electrons. The predicted molar refractivity (Wildman–Crippen MR) is 81.8 cm³/mol. The summed E-state index contributed by atoms with van der Waals surface area (Å²) in [5.74, 6) is -0.184. The van der Waals surface area contributed by atoms with Crippen molar-refractivity contribution in [3.63, 3.8) is 0 Å². The summed E-state index contributed by atoms with van der Waals surface area (Å²) in [7, 11) is 1.93. The Balaban J connectivity index is 2.51. The van der Waals surface area contributed by atoms with Crippen molar-refractivity contribution < 1.29 is 9.59 Å². The number of carbonyl (C=O) groups excluding carboxylic acids is 2. The van der Waals surface area contributed by atoms with Crippen LogP contribution in [0.3, 0.4) is 0 Å². The van der Waals surface area contributed by atoms with Gasteiger partial charge < -0.3 is 10.6 Å². The second-order valence-corrected chi connectivity index (χ2v) is 4.90. The third kappa shape index (κ3) is 6.33. The first-order valence-corrected chi connectivity index (χ1v) is 6.87. The number of benzene rings is 1. The lowest BCUT2D eigenvalue weighted by Gasteiger charge is -2.15. The summed E-state index contributed by atoms with van der Waals surface area (Å²) in [6.45, 7) is 4.86. The highest BCUT2D eigenvalue weighted by atomic mass is 16.2. The summed E-state index contributed by atoms with van der Waals surface area (Å²) in [5, 5.41) is 5.52. The van der Waals surface area contributed by atoms with Gasteiger partial charge in [0.25, 0.3) is 0 Å². The molecule has 0 unspecified atom stereocenters. The van der Waals surface area contributed by atoms with Crippen LogP contribution >= 0.6 is 0 Å². The lowest BCUT2D eigenvalue weighted by molar-refractivity contribution is -0.117. The molecule has 0 aromatic heterocycles. The first-order valence-electron chi connectivity index (χ1n) is 6.87. The normalized spacial score (nSPS) is 10.4. The molecule has 1 rings (SSSR count). The smallest absolute Gasteiger partial charge is 0.238 e. The fourth-order valence-electron chi connectivity index (χ4n) is 1.83. The standard InChI is InChI=1S/C15H23N3O2/c1-4-5-9-18(3)11-15(20)17-14-8-6-7-13(10-14)16-12(2)19/h6-8,10H,4-5,9,11H2,1-3H3,(H,16,19)(H,17,20). The Kier molecular flexibility index (Phi) is 6.73. The van der Waals surface area contributed by atoms with Gasteiger partial charge in [0.1, 0.15) is 0 Å². The van der Waals surface area contributed by atoms with Crippen LogP contribution in [0.25, 0.3) is 0 Å². The Morgan fingerprint density at radius 3 is 2.45 bits per heavy atom. The maximum atomic E-state index is 11.9. The lowest BCUT2D eigenvalue weighted by Crippen LogP contribution is -2.30. The molecule has 110 valence electrons. The maximum Gasteiger partial charge on any atom is 0.238 e. The molecule has 0 aliphatic rings. The van der Waals surface area contributed by atoms with Crippen LogP contribution in [-0.4, -0.2) is 36.9 Å². The number of hydrogen-bond acceptors (Lipinski definition) is 3. The minimum Gasteiger partial charge on any atom is -0.326 e. The van der Waals surface area contributed by atoms with E-state index in [1.807, 2.05) is 11.9 Å². The zero-order valence-corrected chi connectivity index (χ0v) is 12.4. The van der Waals surface area contributed by atoms with Gasteiger partial charge in [-0.15, -0.1) is 0 Å². The molecular weight excluding hydrogens is 254 g/mol. The van der Waals surface area contributed by atoms with Crippen molar-refractivity contribution in [3.8, 4) is 0 Å². The molecule has 0 fully saturated rings. The number of rotatable bonds is 7. The monoisotopic (exact) mass is 277 g/mol. The molecule has 0 saturated carbocycles. The van der Waals surface area contributed by atoms with Gasteiger partial charge in [-0.2, -0.15) is 0 Å². The van der Waals surface area contributed by atoms with Gasteiger partial charge in [0.2, 0.25) is 11.8 Å². The third-order valence-electron chi connectivity index (χ3n) is 2.77. The van der Waals surface area contributed by atoms with Crippen LogP contribution in [0, 0.1) is 0 Å². The van der Waals surface area contributed by atoms with Crippen LogP contribution in [0.5, 0.6) is 0 Å². The molecule has 5 heteroatoms. The van der Waals surface area contributed by atoms with E-state index >= 15 is 0 Å². The molecule has 5 nitrogen and oxygen atoms in total. The Morgan fingerprint density at radius 2 is 1.85 bits per heavy atom. The quantitative estimate of drug-likeness (QED) is 0.804. The van der Waals surface area contributed by atoms with Gasteiger partial charge in [0.15, 0.2) is 0 Å². The number of carbonyl (C=O) groups is 2. The molecule has 0 aliphatic heterocycles. The van der Waals surface area contributed by atoms with Crippen LogP contribution in [0.1, 0.15) is 26.7 Å². The Bertz CT molecular complexity index is 460. The van der Waals surface area contributed by atoms with E-state index in [9.17, 15) is 9.59 Å². The van der Waals surface area contributed by atoms with Gasteiger partial charge in [0.05, 0.1) is 6.54 Å². The Labute approximate surface area is 120 Å². The highest BCUT2D eigenvalue weighted by Gasteiger charge is 2.07. The second-order valence-electron chi connectivity index (χ2n) is 4.90. The molecule has 0 atom stereocenters. The van der Waals surface area contributed by atoms with Crippen LogP contribution in [0.15, 0.2) is 24.3 Å². The Morgan fingerprint density at radius 1 is 1.20 bits per heavy atom. The van der Waals surface area contributed by atoms with E-state index in [1.54, 1.807) is 24.3 Å². The molecule has 2 amide bonds. The van der Waals surface area contributed by atoms with Crippen LogP contribution < -0.4 is 10.6 Å². The number of unbranched alkanes of at least 4 members (excludes halogenated alkanes) is 1. The number of nitrogens with zero attached hydrogens (tertiary/aromatic N) is 1. The number of likely N-dealkylation sites (N-methyl/N-ethyl adjacent to an activating group) is 1. The highest BCUT2D eigenvalue weighted by molar-refractivity contribution is 5.94. The summed E-state index contributed by atoms with van der Waals surface area (Å²) < 4.78 is 0. The summed E-state index contributed by atoms with van der Waals surface area (Å²) in [5.41, 5.74) is 1.36. The minimum absolute atomic E-state index is 0.0522. The van der Waals surface area contributed by atoms with Crippen LogP contribution in [0.2, 0.25) is 0 Å². The van der Waals surface area contributed by atoms with Gasteiger partial charge in [-0.25, -0.2) is 0 Å². The van der Waals surface area contributed by atoms with E-state index < -0.39 is 0 Å². The topological polar surface area (TPSA) is 61.4 Å². The summed E-state index contributed by atoms with van der Waals surface area (Å²) in [6.07, 6.45) is 2.20. The summed E-state index contributed by atoms with van der Waals surface area (Å²) in [4.78, 5) is 24.9. The predicted octanol–water partition coefficient (Wildman–Crippen LogP) is 2.32. The molecule has 0 bridgehead atoms. The lowest BCUT2D eigenvalue weighted by atomic mass is 10.2. The molecular formula is C15H23N3O2. The van der Waals surface area contributed by atoms with Gasteiger partial charge >= 0.3 is 0 Å². The van der Waals surface area contributed by atoms with Crippen molar-refractivity contribution in [2.24, 2.45) is 0 Å². The van der Waals surface area contributed by atoms with Crippen molar-refractivity contribution in [1.29, 1.82) is 0 Å². The van der Waals surface area contributed by atoms with Crippen molar-refractivity contribution in [2.75, 3.05) is 30.8 Å². The van der Waals surface area contributed by atoms with E-state index in [0.717, 1.165) is 19.4 Å². The highest BCUT2D eigenvalue weighted by Crippen LogP contribution is 2.14. The van der Waals surface area contributed by atoms with E-state index in [2.05, 4.69) is 17.6 Å². The number of amides is 2. The number of hydrogen-bond donors (Lipinski definition) is 2. The van der Waals surface area contributed by atoms with Crippen molar-refractivity contribution in [3.05, 3.63) is 24.3 Å². The molecule has 20 heavy (non-hydrogen) atoms.